The quantitative estimate of drug-likeness (QED) is 0.290. The van der Waals surface area contributed by atoms with Crippen LogP contribution in [0.25, 0.3) is 0 Å². The first-order valence-corrected chi connectivity index (χ1v) is 13.5. The standard InChI is InChI=1S/C27H41BrN4O3/c1-4-6-15-29-27(34)32(18-9-19-35-3)22-26(33)31(16-7-5-2)21-25-10-8-17-30(25)20-23-11-13-24(28)14-12-23/h8,10-14,17H,4-7,9,15-16,18-22H2,1-3H3,(H,29,34). The highest BCUT2D eigenvalue weighted by molar-refractivity contribution is 9.10. The second-order valence-corrected chi connectivity index (χ2v) is 9.69. The molecule has 1 aromatic heterocycles. The van der Waals surface area contributed by atoms with Gasteiger partial charge in [-0.2, -0.15) is 0 Å². The Morgan fingerprint density at radius 1 is 1.00 bits per heavy atom. The summed E-state index contributed by atoms with van der Waals surface area (Å²) in [6.07, 6.45) is 6.59. The van der Waals surface area contributed by atoms with Crippen LogP contribution in [-0.2, 0) is 22.6 Å². The van der Waals surface area contributed by atoms with Crippen LogP contribution in [0, 0.1) is 0 Å². The van der Waals surface area contributed by atoms with E-state index in [-0.39, 0.29) is 18.5 Å². The molecule has 2 rings (SSSR count). The number of carbonyl (C=O) groups is 2. The molecule has 8 heteroatoms. The lowest BCUT2D eigenvalue weighted by molar-refractivity contribution is -0.132. The predicted molar refractivity (Wildman–Crippen MR) is 144 cm³/mol. The Labute approximate surface area is 218 Å². The van der Waals surface area contributed by atoms with E-state index in [9.17, 15) is 9.59 Å². The number of hydrogen-bond acceptors (Lipinski definition) is 3. The summed E-state index contributed by atoms with van der Waals surface area (Å²) in [5, 5.41) is 2.95. The van der Waals surface area contributed by atoms with Crippen molar-refractivity contribution in [3.63, 3.8) is 0 Å². The van der Waals surface area contributed by atoms with Crippen molar-refractivity contribution in [2.24, 2.45) is 0 Å². The molecule has 0 saturated heterocycles. The molecule has 0 aliphatic carbocycles. The Morgan fingerprint density at radius 3 is 2.40 bits per heavy atom. The summed E-state index contributed by atoms with van der Waals surface area (Å²) in [5.74, 6) is -0.0297. The smallest absolute Gasteiger partial charge is 0.317 e. The minimum Gasteiger partial charge on any atom is -0.385 e. The SMILES string of the molecule is CCCCNC(=O)N(CCCOC)CC(=O)N(CCCC)Cc1cccn1Cc1ccc(Br)cc1. The van der Waals surface area contributed by atoms with Crippen LogP contribution in [0.3, 0.4) is 0 Å². The third-order valence-electron chi connectivity index (χ3n) is 5.87. The number of unbranched alkanes of at least 4 members (excludes halogenated alkanes) is 2. The molecule has 1 N–H and O–H groups in total. The van der Waals surface area contributed by atoms with E-state index in [2.05, 4.69) is 64.1 Å². The number of halogens is 1. The van der Waals surface area contributed by atoms with Gasteiger partial charge in [-0.1, -0.05) is 54.8 Å². The van der Waals surface area contributed by atoms with Gasteiger partial charge in [0.05, 0.1) is 6.54 Å². The molecule has 1 aromatic carbocycles. The van der Waals surface area contributed by atoms with Crippen molar-refractivity contribution in [3.05, 3.63) is 58.3 Å². The molecule has 2 aromatic rings. The van der Waals surface area contributed by atoms with Crippen LogP contribution in [0.4, 0.5) is 4.79 Å². The van der Waals surface area contributed by atoms with Crippen molar-refractivity contribution in [1.82, 2.24) is 19.7 Å². The molecular formula is C27H41BrN4O3. The highest BCUT2D eigenvalue weighted by Gasteiger charge is 2.22. The maximum atomic E-state index is 13.4. The highest BCUT2D eigenvalue weighted by Crippen LogP contribution is 2.15. The number of nitrogens with zero attached hydrogens (tertiary/aromatic N) is 3. The molecule has 0 fully saturated rings. The topological polar surface area (TPSA) is 66.8 Å². The van der Waals surface area contributed by atoms with Gasteiger partial charge in [0.25, 0.3) is 0 Å². The van der Waals surface area contributed by atoms with E-state index in [1.54, 1.807) is 12.0 Å². The fraction of sp³-hybridized carbons (Fsp3) is 0.556. The van der Waals surface area contributed by atoms with Crippen LogP contribution >= 0.6 is 15.9 Å². The number of hydrogen-bond donors (Lipinski definition) is 1. The number of ether oxygens (including phenoxy) is 1. The normalized spacial score (nSPS) is 10.9. The van der Waals surface area contributed by atoms with Gasteiger partial charge in [0.15, 0.2) is 0 Å². The summed E-state index contributed by atoms with van der Waals surface area (Å²) in [5.41, 5.74) is 2.28. The Morgan fingerprint density at radius 2 is 1.71 bits per heavy atom. The third-order valence-corrected chi connectivity index (χ3v) is 6.40. The number of carbonyl (C=O) groups excluding carboxylic acids is 2. The Kier molecular flexibility index (Phi) is 13.5. The first-order valence-electron chi connectivity index (χ1n) is 12.7. The Hall–Kier alpha value is -2.32. The van der Waals surface area contributed by atoms with E-state index >= 15 is 0 Å². The molecular weight excluding hydrogens is 508 g/mol. The van der Waals surface area contributed by atoms with E-state index in [1.807, 2.05) is 23.1 Å². The summed E-state index contributed by atoms with van der Waals surface area (Å²) < 4.78 is 8.39. The second kappa shape index (κ2) is 16.4. The number of benzene rings is 1. The van der Waals surface area contributed by atoms with Gasteiger partial charge in [0, 0.05) is 56.3 Å². The molecule has 0 saturated carbocycles. The number of amides is 3. The van der Waals surface area contributed by atoms with Crippen LogP contribution in [0.5, 0.6) is 0 Å². The fourth-order valence-electron chi connectivity index (χ4n) is 3.77. The zero-order valence-corrected chi connectivity index (χ0v) is 23.1. The van der Waals surface area contributed by atoms with Crippen LogP contribution in [-0.4, -0.2) is 66.2 Å². The van der Waals surface area contributed by atoms with Crippen LogP contribution < -0.4 is 5.32 Å². The van der Waals surface area contributed by atoms with Crippen LogP contribution in [0.2, 0.25) is 0 Å². The van der Waals surface area contributed by atoms with E-state index in [0.717, 1.165) is 42.4 Å². The molecule has 3 amide bonds. The van der Waals surface area contributed by atoms with Gasteiger partial charge < -0.3 is 24.4 Å². The summed E-state index contributed by atoms with van der Waals surface area (Å²) in [4.78, 5) is 29.7. The predicted octanol–water partition coefficient (Wildman–Crippen LogP) is 5.28. The third kappa shape index (κ3) is 10.4. The van der Waals surface area contributed by atoms with Gasteiger partial charge in [0.1, 0.15) is 6.54 Å². The average Bonchev–Trinajstić information content (AvgIpc) is 3.29. The van der Waals surface area contributed by atoms with Crippen molar-refractivity contribution in [2.75, 3.05) is 39.9 Å². The van der Waals surface area contributed by atoms with E-state index in [4.69, 9.17) is 4.74 Å². The summed E-state index contributed by atoms with van der Waals surface area (Å²) in [6.45, 7) is 7.87. The molecule has 7 nitrogen and oxygen atoms in total. The van der Waals surface area contributed by atoms with Crippen LogP contribution in [0.1, 0.15) is 57.2 Å². The van der Waals surface area contributed by atoms with E-state index < -0.39 is 0 Å². The van der Waals surface area contributed by atoms with Crippen molar-refractivity contribution in [2.45, 2.75) is 59.0 Å². The molecule has 0 spiro atoms. The monoisotopic (exact) mass is 548 g/mol. The van der Waals surface area contributed by atoms with Crippen molar-refractivity contribution < 1.29 is 14.3 Å². The van der Waals surface area contributed by atoms with Gasteiger partial charge in [-0.15, -0.1) is 0 Å². The minimum atomic E-state index is -0.183. The van der Waals surface area contributed by atoms with Gasteiger partial charge in [-0.3, -0.25) is 4.79 Å². The molecule has 194 valence electrons. The zero-order chi connectivity index (χ0) is 25.5. The molecule has 35 heavy (non-hydrogen) atoms. The minimum absolute atomic E-state index is 0.0297. The van der Waals surface area contributed by atoms with E-state index in [1.165, 1.54) is 5.56 Å². The number of aromatic nitrogens is 1. The molecule has 0 bridgehead atoms. The molecule has 0 aliphatic rings. The summed E-state index contributed by atoms with van der Waals surface area (Å²) >= 11 is 3.49. The second-order valence-electron chi connectivity index (χ2n) is 8.78. The summed E-state index contributed by atoms with van der Waals surface area (Å²) in [7, 11) is 1.65. The first-order chi connectivity index (χ1) is 17.0. The Bertz CT molecular complexity index is 885. The number of nitrogens with one attached hydrogen (secondary N) is 1. The van der Waals surface area contributed by atoms with Crippen molar-refractivity contribution in [1.29, 1.82) is 0 Å². The van der Waals surface area contributed by atoms with Gasteiger partial charge in [0.2, 0.25) is 5.91 Å². The fourth-order valence-corrected chi connectivity index (χ4v) is 4.03. The molecule has 0 unspecified atom stereocenters. The molecule has 0 radical (unpaired) electrons. The van der Waals surface area contributed by atoms with Gasteiger partial charge in [-0.05, 0) is 49.1 Å². The first kappa shape index (κ1) is 28.9. The maximum absolute atomic E-state index is 13.4. The zero-order valence-electron chi connectivity index (χ0n) is 21.5. The van der Waals surface area contributed by atoms with Gasteiger partial charge >= 0.3 is 6.03 Å². The molecule has 0 aliphatic heterocycles. The van der Waals surface area contributed by atoms with Crippen LogP contribution in [0.15, 0.2) is 47.1 Å². The lowest BCUT2D eigenvalue weighted by Gasteiger charge is -2.28. The Balaban J connectivity index is 2.10. The lowest BCUT2D eigenvalue weighted by atomic mass is 10.2. The summed E-state index contributed by atoms with van der Waals surface area (Å²) in [6, 6.07) is 12.2. The van der Waals surface area contributed by atoms with Crippen molar-refractivity contribution in [3.8, 4) is 0 Å². The number of urea groups is 1. The highest BCUT2D eigenvalue weighted by atomic mass is 79.9. The van der Waals surface area contributed by atoms with E-state index in [0.29, 0.717) is 39.2 Å². The maximum Gasteiger partial charge on any atom is 0.317 e. The molecule has 0 atom stereocenters. The largest absolute Gasteiger partial charge is 0.385 e. The average molecular weight is 550 g/mol. The number of methoxy groups -OCH3 is 1. The lowest BCUT2D eigenvalue weighted by Crippen LogP contribution is -2.47. The van der Waals surface area contributed by atoms with Gasteiger partial charge in [-0.25, -0.2) is 4.79 Å². The van der Waals surface area contributed by atoms with Crippen molar-refractivity contribution >= 4 is 27.9 Å². The molecule has 1 heterocycles. The number of rotatable bonds is 16.